The predicted octanol–water partition coefficient (Wildman–Crippen LogP) is 1.40. The molecule has 0 aliphatic heterocycles. The molecule has 0 aliphatic carbocycles. The monoisotopic (exact) mass is 662 g/mol. The maximum absolute atomic E-state index is 12.3. The molecule has 0 saturated heterocycles. The van der Waals surface area contributed by atoms with Gasteiger partial charge in [-0.05, 0) is 0 Å². The van der Waals surface area contributed by atoms with Crippen LogP contribution in [0.25, 0.3) is 0 Å². The largest absolute Gasteiger partial charge is 0.465 e. The lowest BCUT2D eigenvalue weighted by Gasteiger charge is -2.35. The number of aliphatic hydroxyl groups is 2. The molecule has 0 heterocycles. The molecule has 0 rings (SSSR count). The molecule has 0 aliphatic rings. The number of hydrogen-bond acceptors (Lipinski definition) is 15. The van der Waals surface area contributed by atoms with Crippen LogP contribution in [-0.4, -0.2) is 110 Å². The second kappa shape index (κ2) is 21.0. The second-order valence-corrected chi connectivity index (χ2v) is 12.0. The second-order valence-electron chi connectivity index (χ2n) is 10.6. The molecule has 0 fully saturated rings. The first-order valence-corrected chi connectivity index (χ1v) is 15.7. The van der Waals surface area contributed by atoms with Crippen LogP contribution < -0.4 is 0 Å². The van der Waals surface area contributed by atoms with E-state index in [0.717, 1.165) is 0 Å². The van der Waals surface area contributed by atoms with Crippen LogP contribution in [0.3, 0.4) is 0 Å². The third-order valence-electron chi connectivity index (χ3n) is 6.27. The summed E-state index contributed by atoms with van der Waals surface area (Å²) in [5.41, 5.74) is -2.73. The Morgan fingerprint density at radius 2 is 0.732 bits per heavy atom. The van der Waals surface area contributed by atoms with Crippen molar-refractivity contribution in [3.8, 4) is 0 Å². The van der Waals surface area contributed by atoms with E-state index < -0.39 is 71.6 Å². The normalized spacial score (nSPS) is 17.2. The fourth-order valence-corrected chi connectivity index (χ4v) is 3.37. The van der Waals surface area contributed by atoms with Gasteiger partial charge in [0.05, 0.1) is 60.9 Å². The van der Waals surface area contributed by atoms with Crippen LogP contribution in [0.5, 0.6) is 0 Å². The molecule has 11 nitrogen and oxygen atoms in total. The Hall–Kier alpha value is -0.840. The van der Waals surface area contributed by atoms with Crippen LogP contribution in [0.4, 0.5) is 0 Å². The predicted molar refractivity (Wildman–Crippen MR) is 166 cm³/mol. The lowest BCUT2D eigenvalue weighted by Crippen LogP contribution is -2.46. The number of ether oxygens (including phenoxy) is 5. The summed E-state index contributed by atoms with van der Waals surface area (Å²) in [5.74, 6) is -3.37. The summed E-state index contributed by atoms with van der Waals surface area (Å²) < 4.78 is 27.4. The zero-order chi connectivity index (χ0) is 31.6. The average Bonchev–Trinajstić information content (AvgIpc) is 3.00. The number of carbonyl (C=O) groups is 4. The van der Waals surface area contributed by atoms with E-state index in [2.05, 4.69) is 50.5 Å². The summed E-state index contributed by atoms with van der Waals surface area (Å²) >= 11 is 16.4. The van der Waals surface area contributed by atoms with Gasteiger partial charge in [-0.3, -0.25) is 19.2 Å². The van der Waals surface area contributed by atoms with Gasteiger partial charge in [0.15, 0.2) is 0 Å². The lowest BCUT2D eigenvalue weighted by molar-refractivity contribution is -0.171. The van der Waals surface area contributed by atoms with Gasteiger partial charge in [-0.1, -0.05) is 27.7 Å². The molecule has 4 unspecified atom stereocenters. The summed E-state index contributed by atoms with van der Waals surface area (Å²) in [4.78, 5) is 49.3. The van der Waals surface area contributed by atoms with Gasteiger partial charge in [0.2, 0.25) is 0 Å². The van der Waals surface area contributed by atoms with Crippen LogP contribution >= 0.6 is 50.5 Å². The molecule has 0 aromatic heterocycles. The minimum absolute atomic E-state index is 0.240. The molecule has 0 bridgehead atoms. The standard InChI is InChI=1S/C26H46O11S4/c1-17(5-38)21(29)34-13-25(9-27,14-35-22(30)18(2)6-39)11-33-12-26(10-28,15-36-23(31)19(3)7-40)16-37-24(32)20(4)8-41/h17-20,27-28,38-41H,5-16H2,1-4H3. The Morgan fingerprint density at radius 1 is 0.512 bits per heavy atom. The molecular weight excluding hydrogens is 617 g/mol. The summed E-state index contributed by atoms with van der Waals surface area (Å²) in [6.45, 7) is 3.34. The van der Waals surface area contributed by atoms with Gasteiger partial charge in [-0.15, -0.1) is 0 Å². The van der Waals surface area contributed by atoms with E-state index in [-0.39, 0.29) is 62.7 Å². The van der Waals surface area contributed by atoms with Crippen molar-refractivity contribution in [3.63, 3.8) is 0 Å². The van der Waals surface area contributed by atoms with Gasteiger partial charge in [-0.2, -0.15) is 50.5 Å². The molecule has 240 valence electrons. The first-order chi connectivity index (χ1) is 19.3. The van der Waals surface area contributed by atoms with Crippen molar-refractivity contribution in [2.75, 3.05) is 75.9 Å². The first kappa shape index (κ1) is 40.2. The Bertz CT molecular complexity index is 698. The molecule has 4 atom stereocenters. The van der Waals surface area contributed by atoms with Gasteiger partial charge in [0.1, 0.15) is 26.4 Å². The van der Waals surface area contributed by atoms with Crippen LogP contribution in [-0.2, 0) is 42.9 Å². The minimum atomic E-state index is -1.37. The van der Waals surface area contributed by atoms with Gasteiger partial charge >= 0.3 is 23.9 Å². The molecule has 0 spiro atoms. The van der Waals surface area contributed by atoms with Crippen molar-refractivity contribution >= 4 is 74.4 Å². The topological polar surface area (TPSA) is 155 Å². The minimum Gasteiger partial charge on any atom is -0.465 e. The van der Waals surface area contributed by atoms with Crippen molar-refractivity contribution in [2.45, 2.75) is 27.7 Å². The van der Waals surface area contributed by atoms with E-state index >= 15 is 0 Å². The molecule has 0 saturated carbocycles. The number of rotatable bonds is 22. The van der Waals surface area contributed by atoms with E-state index in [1.54, 1.807) is 27.7 Å². The average molecular weight is 663 g/mol. The van der Waals surface area contributed by atoms with Crippen LogP contribution in [0.2, 0.25) is 0 Å². The van der Waals surface area contributed by atoms with E-state index in [0.29, 0.717) is 0 Å². The Balaban J connectivity index is 5.86. The Kier molecular flexibility index (Phi) is 20.5. The van der Waals surface area contributed by atoms with Gasteiger partial charge < -0.3 is 33.9 Å². The van der Waals surface area contributed by atoms with Gasteiger partial charge in [-0.25, -0.2) is 0 Å². The lowest BCUT2D eigenvalue weighted by atomic mass is 9.90. The molecule has 0 amide bonds. The van der Waals surface area contributed by atoms with E-state index in [4.69, 9.17) is 23.7 Å². The molecule has 41 heavy (non-hydrogen) atoms. The third kappa shape index (κ3) is 14.5. The fourth-order valence-electron chi connectivity index (χ4n) is 2.77. The van der Waals surface area contributed by atoms with Crippen molar-refractivity contribution in [1.29, 1.82) is 0 Å². The highest BCUT2D eigenvalue weighted by atomic mass is 32.1. The van der Waals surface area contributed by atoms with Crippen LogP contribution in [0.15, 0.2) is 0 Å². The third-order valence-corrected chi connectivity index (χ3v) is 8.47. The van der Waals surface area contributed by atoms with Crippen molar-refractivity contribution in [1.82, 2.24) is 0 Å². The first-order valence-electron chi connectivity index (χ1n) is 13.2. The highest BCUT2D eigenvalue weighted by Gasteiger charge is 2.39. The van der Waals surface area contributed by atoms with E-state index in [1.807, 2.05) is 0 Å². The number of aliphatic hydroxyl groups excluding tert-OH is 2. The summed E-state index contributed by atoms with van der Waals surface area (Å²) in [7, 11) is 0. The smallest absolute Gasteiger partial charge is 0.309 e. The molecule has 0 aromatic carbocycles. The fraction of sp³-hybridized carbons (Fsp3) is 0.846. The van der Waals surface area contributed by atoms with Crippen molar-refractivity contribution in [3.05, 3.63) is 0 Å². The number of esters is 4. The van der Waals surface area contributed by atoms with E-state index in [1.165, 1.54) is 0 Å². The summed E-state index contributed by atoms with van der Waals surface area (Å²) in [6, 6.07) is 0. The molecule has 0 aromatic rings. The number of hydrogen-bond donors (Lipinski definition) is 6. The summed E-state index contributed by atoms with van der Waals surface area (Å²) in [6.07, 6.45) is 0. The van der Waals surface area contributed by atoms with Crippen LogP contribution in [0.1, 0.15) is 27.7 Å². The SMILES string of the molecule is CC(CS)C(=O)OCC(CO)(COCC(CO)(COC(=O)C(C)CS)COC(=O)C(C)CS)COC(=O)C(C)CS. The van der Waals surface area contributed by atoms with Gasteiger partial charge in [0, 0.05) is 23.0 Å². The molecule has 0 radical (unpaired) electrons. The zero-order valence-corrected chi connectivity index (χ0v) is 27.7. The molecule has 2 N–H and O–H groups in total. The van der Waals surface area contributed by atoms with Crippen molar-refractivity contribution < 1.29 is 53.1 Å². The highest BCUT2D eigenvalue weighted by Crippen LogP contribution is 2.25. The number of carbonyl (C=O) groups excluding carboxylic acids is 4. The molecular formula is C26H46O11S4. The summed E-state index contributed by atoms with van der Waals surface area (Å²) in [5, 5.41) is 20.6. The van der Waals surface area contributed by atoms with E-state index in [9.17, 15) is 29.4 Å². The maximum Gasteiger partial charge on any atom is 0.309 e. The quantitative estimate of drug-likeness (QED) is 0.0567. The van der Waals surface area contributed by atoms with Gasteiger partial charge in [0.25, 0.3) is 0 Å². The van der Waals surface area contributed by atoms with Crippen LogP contribution in [0, 0.1) is 34.5 Å². The highest BCUT2D eigenvalue weighted by molar-refractivity contribution is 7.80. The van der Waals surface area contributed by atoms with Crippen molar-refractivity contribution in [2.24, 2.45) is 34.5 Å². The zero-order valence-electron chi connectivity index (χ0n) is 24.2. The number of thiol groups is 4. The maximum atomic E-state index is 12.3. The Labute approximate surface area is 264 Å². The Morgan fingerprint density at radius 3 is 0.902 bits per heavy atom. The molecule has 15 heteroatoms.